The lowest BCUT2D eigenvalue weighted by Gasteiger charge is -2.39. The summed E-state index contributed by atoms with van der Waals surface area (Å²) < 4.78 is 4.92. The van der Waals surface area contributed by atoms with Crippen LogP contribution < -0.4 is 0 Å². The Morgan fingerprint density at radius 1 is 0.607 bits per heavy atom. The van der Waals surface area contributed by atoms with Gasteiger partial charge >= 0.3 is 0 Å². The second-order valence-corrected chi connectivity index (χ2v) is 18.8. The summed E-state index contributed by atoms with van der Waals surface area (Å²) in [5.41, 5.74) is 13.5. The summed E-state index contributed by atoms with van der Waals surface area (Å²) in [5, 5.41) is 7.23. The molecule has 3 heterocycles. The molecule has 0 fully saturated rings. The Bertz CT molecular complexity index is 3360. The van der Waals surface area contributed by atoms with Crippen LogP contribution >= 0.6 is 0 Å². The second kappa shape index (κ2) is 13.7. The van der Waals surface area contributed by atoms with E-state index in [9.17, 15) is 0 Å². The topological polar surface area (TPSA) is 48.5 Å². The van der Waals surface area contributed by atoms with E-state index in [-0.39, 0.29) is 10.8 Å². The highest BCUT2D eigenvalue weighted by atomic mass is 15.2. The standard InChI is InChI=1S/C56H51N5/c1-8-35-19-14-21-41-44-32-45-42-31-27-36-16-12-13-20-40(36)51(42)61(49(45)33-48(44)60(50(35)41)47-23-15-22-46-43(47)30-24-34(2)56(46,6)7)54-58-52(37-17-10-9-11-18-37)57-53(59-54)38-25-28-39(29-26-38)55(3,4)5/h9-23,25-29,31-34H,8,24,30H2,1-7H3. The monoisotopic (exact) mass is 793 g/mol. The van der Waals surface area contributed by atoms with E-state index in [0.717, 1.165) is 40.4 Å². The number of para-hydroxylation sites is 1. The van der Waals surface area contributed by atoms with Crippen LogP contribution in [-0.4, -0.2) is 24.1 Å². The van der Waals surface area contributed by atoms with Crippen molar-refractivity contribution in [2.24, 2.45) is 5.92 Å². The number of aromatic nitrogens is 5. The van der Waals surface area contributed by atoms with Gasteiger partial charge in [-0.25, -0.2) is 4.98 Å². The molecule has 10 aromatic rings. The molecule has 300 valence electrons. The molecule has 61 heavy (non-hydrogen) atoms. The molecule has 1 aliphatic carbocycles. The van der Waals surface area contributed by atoms with Crippen molar-refractivity contribution < 1.29 is 0 Å². The maximum Gasteiger partial charge on any atom is 0.238 e. The molecule has 5 nitrogen and oxygen atoms in total. The third-order valence-electron chi connectivity index (χ3n) is 14.0. The van der Waals surface area contributed by atoms with Gasteiger partial charge < -0.3 is 4.57 Å². The summed E-state index contributed by atoms with van der Waals surface area (Å²) in [7, 11) is 0. The normalized spacial score (nSPS) is 15.4. The molecular weight excluding hydrogens is 743 g/mol. The molecule has 7 aromatic carbocycles. The molecule has 0 radical (unpaired) electrons. The lowest BCUT2D eigenvalue weighted by Crippen LogP contribution is -2.32. The van der Waals surface area contributed by atoms with Gasteiger partial charge in [-0.1, -0.05) is 170 Å². The largest absolute Gasteiger partial charge is 0.309 e. The predicted molar refractivity (Wildman–Crippen MR) is 255 cm³/mol. The number of nitrogens with zero attached hydrogens (tertiary/aromatic N) is 5. The van der Waals surface area contributed by atoms with Gasteiger partial charge in [0.1, 0.15) is 0 Å². The van der Waals surface area contributed by atoms with Crippen LogP contribution in [0.5, 0.6) is 0 Å². The predicted octanol–water partition coefficient (Wildman–Crippen LogP) is 14.3. The summed E-state index contributed by atoms with van der Waals surface area (Å²) in [5.74, 6) is 2.50. The van der Waals surface area contributed by atoms with Crippen LogP contribution in [0.25, 0.3) is 88.8 Å². The van der Waals surface area contributed by atoms with Crippen molar-refractivity contribution in [3.63, 3.8) is 0 Å². The summed E-state index contributed by atoms with van der Waals surface area (Å²) in [6.07, 6.45) is 3.18. The first-order valence-electron chi connectivity index (χ1n) is 22.0. The minimum absolute atomic E-state index is 0.0292. The van der Waals surface area contributed by atoms with Crippen LogP contribution in [0.3, 0.4) is 0 Å². The molecule has 0 spiro atoms. The van der Waals surface area contributed by atoms with Crippen LogP contribution in [0.4, 0.5) is 0 Å². The van der Waals surface area contributed by atoms with Gasteiger partial charge in [-0.3, -0.25) is 4.57 Å². The van der Waals surface area contributed by atoms with E-state index in [1.165, 1.54) is 72.3 Å². The zero-order chi connectivity index (χ0) is 41.8. The highest BCUT2D eigenvalue weighted by Crippen LogP contribution is 2.46. The Morgan fingerprint density at radius 2 is 1.26 bits per heavy atom. The van der Waals surface area contributed by atoms with Crippen molar-refractivity contribution >= 4 is 54.4 Å². The van der Waals surface area contributed by atoms with Crippen molar-refractivity contribution in [2.45, 2.75) is 78.6 Å². The number of hydrogen-bond acceptors (Lipinski definition) is 3. The maximum absolute atomic E-state index is 5.42. The fourth-order valence-electron chi connectivity index (χ4n) is 10.2. The van der Waals surface area contributed by atoms with Crippen LogP contribution in [-0.2, 0) is 23.7 Å². The minimum atomic E-state index is 0.0292. The van der Waals surface area contributed by atoms with E-state index in [1.807, 2.05) is 6.07 Å². The fourth-order valence-corrected chi connectivity index (χ4v) is 10.2. The van der Waals surface area contributed by atoms with Crippen LogP contribution in [0.1, 0.15) is 77.1 Å². The zero-order valence-electron chi connectivity index (χ0n) is 36.2. The molecule has 0 saturated carbocycles. The van der Waals surface area contributed by atoms with Crippen molar-refractivity contribution in [1.82, 2.24) is 24.1 Å². The summed E-state index contributed by atoms with van der Waals surface area (Å²) >= 11 is 0. The Balaban J connectivity index is 1.28. The van der Waals surface area contributed by atoms with E-state index in [1.54, 1.807) is 0 Å². The lowest BCUT2D eigenvalue weighted by atomic mass is 9.66. The molecule has 1 aliphatic rings. The third-order valence-corrected chi connectivity index (χ3v) is 14.0. The van der Waals surface area contributed by atoms with Gasteiger partial charge in [-0.05, 0) is 81.8 Å². The van der Waals surface area contributed by atoms with Gasteiger partial charge in [-0.2, -0.15) is 9.97 Å². The van der Waals surface area contributed by atoms with E-state index in [4.69, 9.17) is 15.0 Å². The first-order chi connectivity index (χ1) is 29.5. The van der Waals surface area contributed by atoms with Crippen molar-refractivity contribution in [1.29, 1.82) is 0 Å². The molecule has 0 N–H and O–H groups in total. The molecule has 0 bridgehead atoms. The van der Waals surface area contributed by atoms with Gasteiger partial charge in [-0.15, -0.1) is 0 Å². The molecule has 0 amide bonds. The summed E-state index contributed by atoms with van der Waals surface area (Å²) in [6.45, 7) is 16.3. The molecule has 1 atom stereocenters. The fraction of sp³-hybridized carbons (Fsp3) is 0.232. The minimum Gasteiger partial charge on any atom is -0.309 e. The molecule has 3 aromatic heterocycles. The number of benzene rings is 7. The highest BCUT2D eigenvalue weighted by Gasteiger charge is 2.35. The van der Waals surface area contributed by atoms with E-state index in [0.29, 0.717) is 23.5 Å². The second-order valence-electron chi connectivity index (χ2n) is 18.8. The van der Waals surface area contributed by atoms with Crippen LogP contribution in [0.2, 0.25) is 0 Å². The number of aryl methyl sites for hydroxylation is 1. The van der Waals surface area contributed by atoms with E-state index < -0.39 is 0 Å². The zero-order valence-corrected chi connectivity index (χ0v) is 36.2. The van der Waals surface area contributed by atoms with Crippen molar-refractivity contribution in [2.75, 3.05) is 0 Å². The van der Waals surface area contributed by atoms with E-state index >= 15 is 0 Å². The molecular formula is C56H51N5. The Hall–Kier alpha value is -6.59. The summed E-state index contributed by atoms with van der Waals surface area (Å²) in [4.78, 5) is 16.0. The first-order valence-corrected chi connectivity index (χ1v) is 22.0. The van der Waals surface area contributed by atoms with Gasteiger partial charge in [0.2, 0.25) is 5.95 Å². The molecule has 0 saturated heterocycles. The molecule has 11 rings (SSSR count). The van der Waals surface area contributed by atoms with Crippen molar-refractivity contribution in [3.8, 4) is 34.4 Å². The molecule has 0 aliphatic heterocycles. The highest BCUT2D eigenvalue weighted by molar-refractivity contribution is 6.23. The van der Waals surface area contributed by atoms with Crippen LogP contribution in [0, 0.1) is 5.92 Å². The third kappa shape index (κ3) is 5.77. The van der Waals surface area contributed by atoms with Crippen molar-refractivity contribution in [3.05, 3.63) is 162 Å². The lowest BCUT2D eigenvalue weighted by molar-refractivity contribution is 0.302. The molecule has 5 heteroatoms. The van der Waals surface area contributed by atoms with Gasteiger partial charge in [0, 0.05) is 43.7 Å². The smallest absolute Gasteiger partial charge is 0.238 e. The number of hydrogen-bond donors (Lipinski definition) is 0. The number of rotatable bonds is 5. The Morgan fingerprint density at radius 3 is 2.00 bits per heavy atom. The first kappa shape index (κ1) is 37.4. The van der Waals surface area contributed by atoms with Gasteiger partial charge in [0.25, 0.3) is 0 Å². The average molecular weight is 794 g/mol. The Labute approximate surface area is 357 Å². The quantitative estimate of drug-likeness (QED) is 0.174. The van der Waals surface area contributed by atoms with E-state index in [2.05, 4.69) is 191 Å². The van der Waals surface area contributed by atoms with Crippen LogP contribution in [0.15, 0.2) is 140 Å². The maximum atomic E-state index is 5.42. The SMILES string of the molecule is CCc1cccc2c3cc4c5ccc6ccccc6c5n(-c5nc(-c6ccccc6)nc(-c6ccc(C(C)(C)C)cc6)n5)c4cc3n(-c3cccc4c3CCC(C)C4(C)C)c12. The van der Waals surface area contributed by atoms with Gasteiger partial charge in [0.15, 0.2) is 11.6 Å². The number of fused-ring (bicyclic) bond motifs is 9. The van der Waals surface area contributed by atoms with Gasteiger partial charge in [0.05, 0.1) is 22.1 Å². The Kier molecular flexibility index (Phi) is 8.41. The average Bonchev–Trinajstić information content (AvgIpc) is 3.79. The summed E-state index contributed by atoms with van der Waals surface area (Å²) in [6, 6.07) is 51.1. The molecule has 1 unspecified atom stereocenters.